The number of rotatable bonds is 8. The highest BCUT2D eigenvalue weighted by Crippen LogP contribution is 2.23. The standard InChI is InChI=1S/C18H23NO2/c1-20-18-12-6-5-11-16(18)17(19)14-21-13-7-10-15-8-3-2-4-9-15/h2-6,8-9,11-12,17H,7,10,13-14,19H2,1H3. The number of aryl methyl sites for hydroxylation is 1. The highest BCUT2D eigenvalue weighted by atomic mass is 16.5. The molecule has 0 heterocycles. The van der Waals surface area contributed by atoms with Crippen LogP contribution in [0.5, 0.6) is 5.75 Å². The number of para-hydroxylation sites is 1. The van der Waals surface area contributed by atoms with Gasteiger partial charge in [-0.05, 0) is 24.5 Å². The van der Waals surface area contributed by atoms with E-state index in [0.717, 1.165) is 30.8 Å². The van der Waals surface area contributed by atoms with Crippen molar-refractivity contribution in [1.82, 2.24) is 0 Å². The largest absolute Gasteiger partial charge is 0.496 e. The predicted octanol–water partition coefficient (Wildman–Crippen LogP) is 3.34. The average Bonchev–Trinajstić information content (AvgIpc) is 2.55. The summed E-state index contributed by atoms with van der Waals surface area (Å²) >= 11 is 0. The molecule has 2 aromatic rings. The maximum Gasteiger partial charge on any atom is 0.123 e. The van der Waals surface area contributed by atoms with E-state index in [9.17, 15) is 0 Å². The lowest BCUT2D eigenvalue weighted by Crippen LogP contribution is -2.18. The molecule has 21 heavy (non-hydrogen) atoms. The molecule has 0 aromatic heterocycles. The molecular weight excluding hydrogens is 262 g/mol. The van der Waals surface area contributed by atoms with Gasteiger partial charge in [0.05, 0.1) is 19.8 Å². The van der Waals surface area contributed by atoms with Gasteiger partial charge in [0.15, 0.2) is 0 Å². The lowest BCUT2D eigenvalue weighted by atomic mass is 10.1. The Kier molecular flexibility index (Phi) is 6.25. The minimum Gasteiger partial charge on any atom is -0.496 e. The Morgan fingerprint density at radius 2 is 1.71 bits per heavy atom. The van der Waals surface area contributed by atoms with Gasteiger partial charge >= 0.3 is 0 Å². The smallest absolute Gasteiger partial charge is 0.123 e. The van der Waals surface area contributed by atoms with Crippen molar-refractivity contribution in [3.05, 3.63) is 65.7 Å². The topological polar surface area (TPSA) is 44.5 Å². The Balaban J connectivity index is 1.71. The molecule has 0 bridgehead atoms. The van der Waals surface area contributed by atoms with Gasteiger partial charge in [0.25, 0.3) is 0 Å². The molecule has 0 saturated carbocycles. The molecular formula is C18H23NO2. The average molecular weight is 285 g/mol. The molecule has 112 valence electrons. The fourth-order valence-electron chi connectivity index (χ4n) is 2.30. The van der Waals surface area contributed by atoms with Crippen molar-refractivity contribution in [2.75, 3.05) is 20.3 Å². The molecule has 2 rings (SSSR count). The van der Waals surface area contributed by atoms with Crippen LogP contribution in [0.4, 0.5) is 0 Å². The van der Waals surface area contributed by atoms with Crippen LogP contribution in [0.15, 0.2) is 54.6 Å². The molecule has 3 heteroatoms. The van der Waals surface area contributed by atoms with E-state index in [1.807, 2.05) is 30.3 Å². The molecule has 2 aromatic carbocycles. The minimum absolute atomic E-state index is 0.155. The van der Waals surface area contributed by atoms with Gasteiger partial charge in [0, 0.05) is 12.2 Å². The molecule has 2 N–H and O–H groups in total. The van der Waals surface area contributed by atoms with Gasteiger partial charge < -0.3 is 15.2 Å². The third kappa shape index (κ3) is 4.88. The van der Waals surface area contributed by atoms with Gasteiger partial charge in [-0.3, -0.25) is 0 Å². The fourth-order valence-corrected chi connectivity index (χ4v) is 2.30. The highest BCUT2D eigenvalue weighted by molar-refractivity contribution is 5.35. The summed E-state index contributed by atoms with van der Waals surface area (Å²) in [5.41, 5.74) is 8.49. The second-order valence-electron chi connectivity index (χ2n) is 5.01. The second-order valence-corrected chi connectivity index (χ2v) is 5.01. The number of methoxy groups -OCH3 is 1. The zero-order valence-electron chi connectivity index (χ0n) is 12.5. The van der Waals surface area contributed by atoms with Crippen molar-refractivity contribution in [1.29, 1.82) is 0 Å². The summed E-state index contributed by atoms with van der Waals surface area (Å²) in [7, 11) is 1.66. The van der Waals surface area contributed by atoms with Crippen LogP contribution in [-0.2, 0) is 11.2 Å². The van der Waals surface area contributed by atoms with E-state index in [1.54, 1.807) is 7.11 Å². The zero-order chi connectivity index (χ0) is 14.9. The van der Waals surface area contributed by atoms with Crippen LogP contribution in [-0.4, -0.2) is 20.3 Å². The Hall–Kier alpha value is -1.84. The zero-order valence-corrected chi connectivity index (χ0v) is 12.5. The van der Waals surface area contributed by atoms with E-state index >= 15 is 0 Å². The number of hydrogen-bond donors (Lipinski definition) is 1. The molecule has 0 saturated heterocycles. The number of benzene rings is 2. The van der Waals surface area contributed by atoms with Crippen LogP contribution in [0, 0.1) is 0 Å². The summed E-state index contributed by atoms with van der Waals surface area (Å²) < 4.78 is 11.0. The number of nitrogens with two attached hydrogens (primary N) is 1. The molecule has 0 spiro atoms. The first-order valence-corrected chi connectivity index (χ1v) is 7.31. The van der Waals surface area contributed by atoms with E-state index in [4.69, 9.17) is 15.2 Å². The summed E-state index contributed by atoms with van der Waals surface area (Å²) in [4.78, 5) is 0. The summed E-state index contributed by atoms with van der Waals surface area (Å²) in [6.45, 7) is 1.23. The Morgan fingerprint density at radius 1 is 1.00 bits per heavy atom. The van der Waals surface area contributed by atoms with Crippen molar-refractivity contribution in [2.45, 2.75) is 18.9 Å². The SMILES string of the molecule is COc1ccccc1C(N)COCCCc1ccccc1. The highest BCUT2D eigenvalue weighted by Gasteiger charge is 2.11. The molecule has 1 unspecified atom stereocenters. The Morgan fingerprint density at radius 3 is 2.48 bits per heavy atom. The maximum absolute atomic E-state index is 6.16. The molecule has 0 amide bonds. The van der Waals surface area contributed by atoms with E-state index in [-0.39, 0.29) is 6.04 Å². The third-order valence-electron chi connectivity index (χ3n) is 3.43. The molecule has 0 radical (unpaired) electrons. The first kappa shape index (κ1) is 15.5. The molecule has 0 fully saturated rings. The lowest BCUT2D eigenvalue weighted by molar-refractivity contribution is 0.118. The van der Waals surface area contributed by atoms with Crippen LogP contribution in [0.3, 0.4) is 0 Å². The Labute approximate surface area is 126 Å². The number of hydrogen-bond acceptors (Lipinski definition) is 3. The van der Waals surface area contributed by atoms with Crippen LogP contribution in [0.1, 0.15) is 23.6 Å². The molecule has 3 nitrogen and oxygen atoms in total. The molecule has 0 aliphatic heterocycles. The van der Waals surface area contributed by atoms with E-state index < -0.39 is 0 Å². The van der Waals surface area contributed by atoms with Crippen molar-refractivity contribution in [2.24, 2.45) is 5.73 Å². The number of ether oxygens (including phenoxy) is 2. The van der Waals surface area contributed by atoms with Gasteiger partial charge in [-0.15, -0.1) is 0 Å². The van der Waals surface area contributed by atoms with Crippen molar-refractivity contribution in [3.8, 4) is 5.75 Å². The van der Waals surface area contributed by atoms with Crippen molar-refractivity contribution in [3.63, 3.8) is 0 Å². The van der Waals surface area contributed by atoms with Gasteiger partial charge in [-0.2, -0.15) is 0 Å². The molecule has 0 aliphatic carbocycles. The van der Waals surface area contributed by atoms with E-state index in [2.05, 4.69) is 24.3 Å². The maximum atomic E-state index is 6.16. The third-order valence-corrected chi connectivity index (χ3v) is 3.43. The van der Waals surface area contributed by atoms with Crippen LogP contribution in [0.2, 0.25) is 0 Å². The molecule has 1 atom stereocenters. The lowest BCUT2D eigenvalue weighted by Gasteiger charge is -2.15. The van der Waals surface area contributed by atoms with Gasteiger partial charge in [-0.25, -0.2) is 0 Å². The first-order chi connectivity index (χ1) is 10.3. The van der Waals surface area contributed by atoms with E-state index in [1.165, 1.54) is 5.56 Å². The predicted molar refractivity (Wildman–Crippen MR) is 85.5 cm³/mol. The summed E-state index contributed by atoms with van der Waals surface area (Å²) in [5, 5.41) is 0. The van der Waals surface area contributed by atoms with E-state index in [0.29, 0.717) is 6.61 Å². The van der Waals surface area contributed by atoms with Crippen LogP contribution < -0.4 is 10.5 Å². The van der Waals surface area contributed by atoms with Crippen LogP contribution in [0.25, 0.3) is 0 Å². The van der Waals surface area contributed by atoms with Crippen LogP contribution >= 0.6 is 0 Å². The minimum atomic E-state index is -0.155. The summed E-state index contributed by atoms with van der Waals surface area (Å²) in [5.74, 6) is 0.817. The van der Waals surface area contributed by atoms with Gasteiger partial charge in [-0.1, -0.05) is 48.5 Å². The quantitative estimate of drug-likeness (QED) is 0.757. The fraction of sp³-hybridized carbons (Fsp3) is 0.333. The molecule has 0 aliphatic rings. The Bertz CT molecular complexity index is 528. The summed E-state index contributed by atoms with van der Waals surface area (Å²) in [6, 6.07) is 18.1. The van der Waals surface area contributed by atoms with Crippen molar-refractivity contribution < 1.29 is 9.47 Å². The first-order valence-electron chi connectivity index (χ1n) is 7.31. The van der Waals surface area contributed by atoms with Gasteiger partial charge in [0.2, 0.25) is 0 Å². The van der Waals surface area contributed by atoms with Crippen molar-refractivity contribution >= 4 is 0 Å². The van der Waals surface area contributed by atoms with Gasteiger partial charge in [0.1, 0.15) is 5.75 Å². The normalized spacial score (nSPS) is 12.1. The second kappa shape index (κ2) is 8.45. The summed E-state index contributed by atoms with van der Waals surface area (Å²) in [6.07, 6.45) is 2.04. The monoisotopic (exact) mass is 285 g/mol.